The molecule has 0 aromatic heterocycles. The number of nitrogens with zero attached hydrogens (tertiary/aromatic N) is 1. The van der Waals surface area contributed by atoms with Gasteiger partial charge in [-0.3, -0.25) is 0 Å². The van der Waals surface area contributed by atoms with Gasteiger partial charge in [0, 0.05) is 11.3 Å². The molecule has 9 heteroatoms. The summed E-state index contributed by atoms with van der Waals surface area (Å²) >= 11 is 6.20. The van der Waals surface area contributed by atoms with E-state index >= 15 is 0 Å². The summed E-state index contributed by atoms with van der Waals surface area (Å²) in [6.07, 6.45) is 0. The van der Waals surface area contributed by atoms with Gasteiger partial charge in [0.15, 0.2) is 0 Å². The molecule has 0 atom stereocenters. The number of halogens is 1. The fraction of sp³-hybridized carbons (Fsp3) is 0.0714. The topological polar surface area (TPSA) is 119 Å². The van der Waals surface area contributed by atoms with Crippen molar-refractivity contribution in [1.82, 2.24) is 0 Å². The maximum atomic E-state index is 9.22. The Hall–Kier alpha value is -1.83. The summed E-state index contributed by atoms with van der Waals surface area (Å²) < 4.78 is 0. The Labute approximate surface area is 139 Å². The van der Waals surface area contributed by atoms with Crippen molar-refractivity contribution < 1.29 is 20.1 Å². The predicted molar refractivity (Wildman–Crippen MR) is 93.7 cm³/mol. The molecule has 0 saturated carbocycles. The fourth-order valence-electron chi connectivity index (χ4n) is 2.04. The molecule has 0 aliphatic rings. The molecule has 0 spiro atoms. The zero-order valence-corrected chi connectivity index (χ0v) is 13.1. The summed E-state index contributed by atoms with van der Waals surface area (Å²) in [7, 11) is -3.19. The van der Waals surface area contributed by atoms with Gasteiger partial charge in [-0.2, -0.15) is 0 Å². The molecule has 6 nitrogen and oxygen atoms in total. The van der Waals surface area contributed by atoms with E-state index < -0.39 is 14.2 Å². The Kier molecular flexibility index (Phi) is 5.46. The molecule has 0 fully saturated rings. The Bertz CT molecular complexity index is 754. The highest BCUT2D eigenvalue weighted by molar-refractivity contribution is 6.70. The first kappa shape index (κ1) is 17.5. The van der Waals surface area contributed by atoms with Crippen LogP contribution in [0.4, 0.5) is 11.4 Å². The lowest BCUT2D eigenvalue weighted by Crippen LogP contribution is -2.30. The molecular weight excluding hydrogens is 317 g/mol. The number of benzene rings is 2. The molecule has 0 amide bonds. The summed E-state index contributed by atoms with van der Waals surface area (Å²) in [5.41, 5.74) is 8.41. The molecule has 0 saturated heterocycles. The van der Waals surface area contributed by atoms with E-state index in [2.05, 4.69) is 4.99 Å². The number of nitrogens with two attached hydrogens (primary N) is 1. The van der Waals surface area contributed by atoms with Crippen LogP contribution in [0.25, 0.3) is 0 Å². The number of rotatable bonds is 4. The number of hydrogen-bond donors (Lipinski definition) is 5. The van der Waals surface area contributed by atoms with E-state index in [1.807, 2.05) is 0 Å². The Balaban J connectivity index is 2.42. The van der Waals surface area contributed by atoms with Crippen LogP contribution >= 0.6 is 11.6 Å². The van der Waals surface area contributed by atoms with Crippen molar-refractivity contribution in [1.29, 1.82) is 0 Å². The normalized spacial score (nSPS) is 11.5. The van der Waals surface area contributed by atoms with Crippen LogP contribution in [0.5, 0.6) is 0 Å². The highest BCUT2D eigenvalue weighted by Crippen LogP contribution is 2.21. The largest absolute Gasteiger partial charge is 0.488 e. The second-order valence-corrected chi connectivity index (χ2v) is 5.40. The molecular formula is C14H15B2ClN2O4. The van der Waals surface area contributed by atoms with Gasteiger partial charge in [-0.1, -0.05) is 35.9 Å². The average molecular weight is 332 g/mol. The number of aryl methyl sites for hydroxylation is 1. The Morgan fingerprint density at radius 3 is 2.13 bits per heavy atom. The van der Waals surface area contributed by atoms with Gasteiger partial charge in [-0.15, -0.1) is 0 Å². The molecule has 118 valence electrons. The molecule has 0 unspecified atom stereocenters. The predicted octanol–water partition coefficient (Wildman–Crippen LogP) is -0.746. The lowest BCUT2D eigenvalue weighted by molar-refractivity contribution is 0.424. The van der Waals surface area contributed by atoms with Crippen LogP contribution < -0.4 is 16.7 Å². The lowest BCUT2D eigenvalue weighted by atomic mass is 9.79. The van der Waals surface area contributed by atoms with Gasteiger partial charge in [-0.05, 0) is 35.5 Å². The third-order valence-electron chi connectivity index (χ3n) is 3.34. The standard InChI is InChI=1S/C14H15B2ClN2O4/c1-8-6-9(15(20)21)3-5-13(8)19-14(17)11-7-10(16(22)23)2-4-12(11)18/h2-7,20-23H,18H2,1H3. The molecule has 6 N–H and O–H groups in total. The van der Waals surface area contributed by atoms with Crippen molar-refractivity contribution in [3.8, 4) is 0 Å². The molecule has 2 aromatic carbocycles. The smallest absolute Gasteiger partial charge is 0.423 e. The molecule has 23 heavy (non-hydrogen) atoms. The van der Waals surface area contributed by atoms with Crippen LogP contribution in [0.3, 0.4) is 0 Å². The second-order valence-electron chi connectivity index (χ2n) is 5.04. The molecule has 0 radical (unpaired) electrons. The maximum absolute atomic E-state index is 9.22. The number of nitrogen functional groups attached to an aromatic ring is 1. The van der Waals surface area contributed by atoms with Crippen LogP contribution in [0.15, 0.2) is 41.4 Å². The first-order chi connectivity index (χ1) is 10.8. The molecule has 0 heterocycles. The van der Waals surface area contributed by atoms with Gasteiger partial charge in [0.2, 0.25) is 0 Å². The second kappa shape index (κ2) is 7.16. The molecule has 2 aromatic rings. The van der Waals surface area contributed by atoms with Crippen molar-refractivity contribution in [3.05, 3.63) is 47.5 Å². The zero-order valence-electron chi connectivity index (χ0n) is 12.3. The lowest BCUT2D eigenvalue weighted by Gasteiger charge is -2.08. The van der Waals surface area contributed by atoms with Crippen molar-refractivity contribution in [2.75, 3.05) is 5.73 Å². The van der Waals surface area contributed by atoms with E-state index in [4.69, 9.17) is 27.4 Å². The molecule has 0 aliphatic carbocycles. The fourth-order valence-corrected chi connectivity index (χ4v) is 2.30. The highest BCUT2D eigenvalue weighted by Gasteiger charge is 2.15. The quantitative estimate of drug-likeness (QED) is 0.287. The number of anilines is 1. The first-order valence-electron chi connectivity index (χ1n) is 6.76. The minimum absolute atomic E-state index is 0.0883. The van der Waals surface area contributed by atoms with Gasteiger partial charge in [0.05, 0.1) is 5.69 Å². The summed E-state index contributed by atoms with van der Waals surface area (Å²) in [4.78, 5) is 4.27. The van der Waals surface area contributed by atoms with Gasteiger partial charge >= 0.3 is 14.2 Å². The Morgan fingerprint density at radius 1 is 1.00 bits per heavy atom. The van der Waals surface area contributed by atoms with Gasteiger partial charge < -0.3 is 25.8 Å². The van der Waals surface area contributed by atoms with E-state index in [9.17, 15) is 10.0 Å². The maximum Gasteiger partial charge on any atom is 0.488 e. The Morgan fingerprint density at radius 2 is 1.57 bits per heavy atom. The number of aliphatic imine (C=N–C) groups is 1. The van der Waals surface area contributed by atoms with Crippen LogP contribution in [-0.2, 0) is 0 Å². The summed E-state index contributed by atoms with van der Waals surface area (Å²) in [6.45, 7) is 1.76. The summed E-state index contributed by atoms with van der Waals surface area (Å²) in [6, 6.07) is 9.17. The van der Waals surface area contributed by atoms with Crippen molar-refractivity contribution in [2.45, 2.75) is 6.92 Å². The van der Waals surface area contributed by atoms with Crippen molar-refractivity contribution >= 4 is 53.3 Å². The zero-order chi connectivity index (χ0) is 17.1. The van der Waals surface area contributed by atoms with Crippen LogP contribution in [0, 0.1) is 6.92 Å². The van der Waals surface area contributed by atoms with Crippen LogP contribution in [-0.4, -0.2) is 39.5 Å². The first-order valence-corrected chi connectivity index (χ1v) is 7.14. The highest BCUT2D eigenvalue weighted by atomic mass is 35.5. The van der Waals surface area contributed by atoms with E-state index in [-0.39, 0.29) is 10.6 Å². The third-order valence-corrected chi connectivity index (χ3v) is 3.62. The SMILES string of the molecule is Cc1cc(B(O)O)ccc1N=C(Cl)c1cc(B(O)O)ccc1N. The minimum Gasteiger partial charge on any atom is -0.423 e. The van der Waals surface area contributed by atoms with E-state index in [1.165, 1.54) is 24.3 Å². The van der Waals surface area contributed by atoms with Crippen molar-refractivity contribution in [2.24, 2.45) is 4.99 Å². The summed E-state index contributed by atoms with van der Waals surface area (Å²) in [5, 5.41) is 36.8. The monoisotopic (exact) mass is 332 g/mol. The number of hydrogen-bond acceptors (Lipinski definition) is 6. The third kappa shape index (κ3) is 4.13. The van der Waals surface area contributed by atoms with Crippen LogP contribution in [0.1, 0.15) is 11.1 Å². The van der Waals surface area contributed by atoms with E-state index in [0.29, 0.717) is 28.0 Å². The van der Waals surface area contributed by atoms with Gasteiger partial charge in [0.25, 0.3) is 0 Å². The molecule has 2 rings (SSSR count). The minimum atomic E-state index is -1.63. The van der Waals surface area contributed by atoms with Crippen molar-refractivity contribution in [3.63, 3.8) is 0 Å². The van der Waals surface area contributed by atoms with Gasteiger partial charge in [0.1, 0.15) is 5.17 Å². The van der Waals surface area contributed by atoms with E-state index in [0.717, 1.165) is 0 Å². The molecule has 0 bridgehead atoms. The van der Waals surface area contributed by atoms with Gasteiger partial charge in [-0.25, -0.2) is 4.99 Å². The average Bonchev–Trinajstić information content (AvgIpc) is 2.49. The summed E-state index contributed by atoms with van der Waals surface area (Å²) in [5.74, 6) is 0. The van der Waals surface area contributed by atoms with Crippen LogP contribution in [0.2, 0.25) is 0 Å². The molecule has 0 aliphatic heterocycles. The van der Waals surface area contributed by atoms with E-state index in [1.54, 1.807) is 19.1 Å².